The Balaban J connectivity index is 1.45. The number of methoxy groups -OCH3 is 1. The number of pyridine rings is 1. The molecule has 1 heterocycles. The highest BCUT2D eigenvalue weighted by atomic mass is 79.9. The first kappa shape index (κ1) is 23.1. The molecule has 6 rings (SSSR count). The van der Waals surface area contributed by atoms with E-state index < -0.39 is 0 Å². The lowest BCUT2D eigenvalue weighted by Crippen LogP contribution is -2.48. The Bertz CT molecular complexity index is 965. The van der Waals surface area contributed by atoms with Crippen LogP contribution in [0.2, 0.25) is 0 Å². The molecule has 0 saturated heterocycles. The van der Waals surface area contributed by atoms with Crippen LogP contribution in [0, 0.1) is 17.8 Å². The maximum atomic E-state index is 6.23. The van der Waals surface area contributed by atoms with Crippen molar-refractivity contribution in [3.63, 3.8) is 0 Å². The summed E-state index contributed by atoms with van der Waals surface area (Å²) in [6.45, 7) is 3.58. The molecule has 0 atom stereocenters. The number of hydrogen-bond acceptors (Lipinski definition) is 4. The van der Waals surface area contributed by atoms with Gasteiger partial charge in [0.25, 0.3) is 0 Å². The molecule has 33 heavy (non-hydrogen) atoms. The topological polar surface area (TPSA) is 40.6 Å². The highest BCUT2D eigenvalue weighted by Crippen LogP contribution is 2.62. The number of allylic oxidation sites excluding steroid dienone is 1. The van der Waals surface area contributed by atoms with Crippen molar-refractivity contribution < 1.29 is 14.2 Å². The fraction of sp³-hybridized carbons (Fsp3) is 0.536. The standard InChI is InChI=1S/C28H34BrNO3/c1-19(9-20-3-6-27(29)30-17-20)24-4-5-26(33-18-32-8-7-31-2)25(13-24)28-14-21-10-22(15-28)12-23(11-21)16-28/h3-6,9,13,17,21-23H,7-8,10-12,14-16,18H2,1-2H3. The molecule has 0 radical (unpaired) electrons. The molecule has 0 spiro atoms. The van der Waals surface area contributed by atoms with E-state index in [1.807, 2.05) is 12.3 Å². The van der Waals surface area contributed by atoms with Crippen LogP contribution in [0.15, 0.2) is 41.1 Å². The summed E-state index contributed by atoms with van der Waals surface area (Å²) in [6.07, 6.45) is 12.4. The molecular weight excluding hydrogens is 478 g/mol. The molecule has 0 aliphatic heterocycles. The first-order chi connectivity index (χ1) is 16.0. The second-order valence-corrected chi connectivity index (χ2v) is 11.1. The third-order valence-electron chi connectivity index (χ3n) is 7.91. The summed E-state index contributed by atoms with van der Waals surface area (Å²) in [5.41, 5.74) is 5.27. The van der Waals surface area contributed by atoms with Gasteiger partial charge in [0, 0.05) is 18.9 Å². The minimum absolute atomic E-state index is 0.256. The number of benzene rings is 1. The molecule has 0 amide bonds. The molecule has 4 bridgehead atoms. The van der Waals surface area contributed by atoms with E-state index in [2.05, 4.69) is 58.2 Å². The third-order valence-corrected chi connectivity index (χ3v) is 8.38. The van der Waals surface area contributed by atoms with Gasteiger partial charge < -0.3 is 14.2 Å². The molecule has 4 nitrogen and oxygen atoms in total. The number of rotatable bonds is 9. The average Bonchev–Trinajstić information content (AvgIpc) is 2.79. The molecule has 4 aliphatic carbocycles. The van der Waals surface area contributed by atoms with Crippen LogP contribution in [0.1, 0.15) is 62.1 Å². The van der Waals surface area contributed by atoms with E-state index in [9.17, 15) is 0 Å². The smallest absolute Gasteiger partial charge is 0.189 e. The molecule has 176 valence electrons. The maximum absolute atomic E-state index is 6.23. The van der Waals surface area contributed by atoms with Crippen LogP contribution in [-0.4, -0.2) is 32.1 Å². The van der Waals surface area contributed by atoms with Crippen LogP contribution in [0.25, 0.3) is 11.6 Å². The average molecular weight is 512 g/mol. The van der Waals surface area contributed by atoms with Crippen LogP contribution in [0.3, 0.4) is 0 Å². The number of nitrogens with zero attached hydrogens (tertiary/aromatic N) is 1. The lowest BCUT2D eigenvalue weighted by molar-refractivity contribution is -0.0189. The zero-order valence-corrected chi connectivity index (χ0v) is 21.3. The zero-order chi connectivity index (χ0) is 22.8. The van der Waals surface area contributed by atoms with Gasteiger partial charge in [-0.2, -0.15) is 0 Å². The Kier molecular flexibility index (Phi) is 6.91. The SMILES string of the molecule is COCCOCOc1ccc(C(C)=Cc2ccc(Br)nc2)cc1C12CC3CC(CC(C3)C1)C2. The number of halogens is 1. The van der Waals surface area contributed by atoms with E-state index in [-0.39, 0.29) is 12.2 Å². The second-order valence-electron chi connectivity index (χ2n) is 10.3. The number of hydrogen-bond donors (Lipinski definition) is 0. The molecule has 0 unspecified atom stereocenters. The van der Waals surface area contributed by atoms with E-state index in [0.717, 1.165) is 33.7 Å². The van der Waals surface area contributed by atoms with Gasteiger partial charge in [0.2, 0.25) is 0 Å². The monoisotopic (exact) mass is 511 g/mol. The van der Waals surface area contributed by atoms with Crippen molar-refractivity contribution in [1.29, 1.82) is 0 Å². The summed E-state index contributed by atoms with van der Waals surface area (Å²) >= 11 is 3.42. The van der Waals surface area contributed by atoms with Crippen molar-refractivity contribution in [3.05, 3.63) is 57.8 Å². The van der Waals surface area contributed by atoms with Crippen LogP contribution in [0.5, 0.6) is 5.75 Å². The van der Waals surface area contributed by atoms with Gasteiger partial charge in [0.05, 0.1) is 13.2 Å². The van der Waals surface area contributed by atoms with Crippen molar-refractivity contribution >= 4 is 27.6 Å². The van der Waals surface area contributed by atoms with Crippen molar-refractivity contribution in [2.75, 3.05) is 27.1 Å². The zero-order valence-electron chi connectivity index (χ0n) is 19.7. The normalized spacial score (nSPS) is 28.3. The summed E-state index contributed by atoms with van der Waals surface area (Å²) in [5, 5.41) is 0. The fourth-order valence-electron chi connectivity index (χ4n) is 6.87. The van der Waals surface area contributed by atoms with E-state index in [0.29, 0.717) is 13.2 Å². The lowest BCUT2D eigenvalue weighted by atomic mass is 9.48. The van der Waals surface area contributed by atoms with Gasteiger partial charge in [-0.1, -0.05) is 12.1 Å². The summed E-state index contributed by atoms with van der Waals surface area (Å²) in [6, 6.07) is 10.8. The molecule has 2 aromatic rings. The summed E-state index contributed by atoms with van der Waals surface area (Å²) < 4.78 is 17.8. The molecule has 4 fully saturated rings. The lowest BCUT2D eigenvalue weighted by Gasteiger charge is -2.57. The van der Waals surface area contributed by atoms with Crippen molar-refractivity contribution in [2.45, 2.75) is 50.9 Å². The number of aromatic nitrogens is 1. The van der Waals surface area contributed by atoms with Gasteiger partial charge in [-0.15, -0.1) is 0 Å². The highest BCUT2D eigenvalue weighted by Gasteiger charge is 2.52. The molecule has 4 saturated carbocycles. The molecule has 5 heteroatoms. The van der Waals surface area contributed by atoms with Crippen molar-refractivity contribution in [3.8, 4) is 5.75 Å². The van der Waals surface area contributed by atoms with Gasteiger partial charge in [0.1, 0.15) is 10.4 Å². The quantitative estimate of drug-likeness (QED) is 0.209. The van der Waals surface area contributed by atoms with Gasteiger partial charge in [-0.3, -0.25) is 0 Å². The molecular formula is C28H34BrNO3. The number of ether oxygens (including phenoxy) is 3. The van der Waals surface area contributed by atoms with Crippen LogP contribution < -0.4 is 4.74 Å². The Hall–Kier alpha value is -1.69. The van der Waals surface area contributed by atoms with Gasteiger partial charge in [-0.25, -0.2) is 4.98 Å². The predicted octanol–water partition coefficient (Wildman–Crippen LogP) is 6.87. The Morgan fingerprint density at radius 1 is 1.06 bits per heavy atom. The third kappa shape index (κ3) is 5.06. The fourth-order valence-corrected chi connectivity index (χ4v) is 7.10. The second kappa shape index (κ2) is 9.89. The van der Waals surface area contributed by atoms with E-state index in [1.54, 1.807) is 7.11 Å². The summed E-state index contributed by atoms with van der Waals surface area (Å²) in [4.78, 5) is 4.37. The van der Waals surface area contributed by atoms with Crippen LogP contribution in [-0.2, 0) is 14.9 Å². The van der Waals surface area contributed by atoms with Crippen molar-refractivity contribution in [2.24, 2.45) is 17.8 Å². The first-order valence-corrected chi connectivity index (χ1v) is 13.0. The highest BCUT2D eigenvalue weighted by molar-refractivity contribution is 9.10. The molecule has 4 aliphatic rings. The largest absolute Gasteiger partial charge is 0.467 e. The molecule has 1 aromatic heterocycles. The molecule has 1 aromatic carbocycles. The van der Waals surface area contributed by atoms with Gasteiger partial charge in [-0.05, 0) is 126 Å². The summed E-state index contributed by atoms with van der Waals surface area (Å²) in [7, 11) is 1.69. The van der Waals surface area contributed by atoms with Crippen LogP contribution >= 0.6 is 15.9 Å². The summed E-state index contributed by atoms with van der Waals surface area (Å²) in [5.74, 6) is 3.65. The van der Waals surface area contributed by atoms with Crippen molar-refractivity contribution in [1.82, 2.24) is 4.98 Å². The Labute approximate surface area is 205 Å². The van der Waals surface area contributed by atoms with Gasteiger partial charge >= 0.3 is 0 Å². The van der Waals surface area contributed by atoms with E-state index in [4.69, 9.17) is 14.2 Å². The Morgan fingerprint density at radius 2 is 1.79 bits per heavy atom. The minimum Gasteiger partial charge on any atom is -0.467 e. The molecule has 0 N–H and O–H groups in total. The van der Waals surface area contributed by atoms with E-state index in [1.165, 1.54) is 55.2 Å². The van der Waals surface area contributed by atoms with Gasteiger partial charge in [0.15, 0.2) is 6.79 Å². The first-order valence-electron chi connectivity index (χ1n) is 12.2. The predicted molar refractivity (Wildman–Crippen MR) is 135 cm³/mol. The maximum Gasteiger partial charge on any atom is 0.189 e. The minimum atomic E-state index is 0.256. The Morgan fingerprint density at radius 3 is 2.42 bits per heavy atom. The van der Waals surface area contributed by atoms with Crippen LogP contribution in [0.4, 0.5) is 0 Å². The van der Waals surface area contributed by atoms with E-state index >= 15 is 0 Å².